The fourth-order valence-electron chi connectivity index (χ4n) is 2.84. The van der Waals surface area contributed by atoms with E-state index in [1.165, 1.54) is 6.07 Å². The minimum absolute atomic E-state index is 0.535. The molecule has 0 radical (unpaired) electrons. The molecule has 10 heteroatoms. The molecular formula is C11H10FN3O6. The van der Waals surface area contributed by atoms with Crippen LogP contribution in [0.15, 0.2) is 21.9 Å². The summed E-state index contributed by atoms with van der Waals surface area (Å²) in [6, 6.07) is 2.39. The Bertz CT molecular complexity index is 766. The second-order valence-corrected chi connectivity index (χ2v) is 5.03. The van der Waals surface area contributed by atoms with Crippen molar-refractivity contribution in [3.8, 4) is 6.07 Å². The summed E-state index contributed by atoms with van der Waals surface area (Å²) in [5.74, 6) is 0. The zero-order valence-electron chi connectivity index (χ0n) is 10.4. The summed E-state index contributed by atoms with van der Waals surface area (Å²) in [6.45, 7) is -0.997. The van der Waals surface area contributed by atoms with E-state index < -0.39 is 47.1 Å². The summed E-state index contributed by atoms with van der Waals surface area (Å²) in [7, 11) is 0. The third-order valence-electron chi connectivity index (χ3n) is 4.09. The lowest BCUT2D eigenvalue weighted by molar-refractivity contribution is -0.161. The van der Waals surface area contributed by atoms with Crippen LogP contribution in [0.25, 0.3) is 0 Å². The van der Waals surface area contributed by atoms with Gasteiger partial charge in [0.1, 0.15) is 6.07 Å². The van der Waals surface area contributed by atoms with Gasteiger partial charge in [-0.3, -0.25) is 14.3 Å². The summed E-state index contributed by atoms with van der Waals surface area (Å²) in [6.07, 6.45) is -3.37. The number of halogens is 1. The highest BCUT2D eigenvalue weighted by Crippen LogP contribution is 2.65. The second kappa shape index (κ2) is 3.77. The van der Waals surface area contributed by atoms with Crippen LogP contribution in [0.3, 0.4) is 0 Å². The zero-order valence-corrected chi connectivity index (χ0v) is 10.4. The minimum atomic E-state index is -2.51. The Labute approximate surface area is 115 Å². The van der Waals surface area contributed by atoms with Crippen molar-refractivity contribution in [1.82, 2.24) is 9.55 Å². The average molecular weight is 299 g/mol. The first-order valence-corrected chi connectivity index (χ1v) is 5.89. The lowest BCUT2D eigenvalue weighted by Gasteiger charge is -2.30. The number of hydrogen-bond donors (Lipinski definition) is 4. The molecule has 2 heterocycles. The van der Waals surface area contributed by atoms with Gasteiger partial charge in [-0.25, -0.2) is 9.18 Å². The molecule has 4 N–H and O–H groups in total. The molecule has 2 aliphatic rings. The summed E-state index contributed by atoms with van der Waals surface area (Å²) in [5, 5.41) is 38.7. The van der Waals surface area contributed by atoms with Crippen molar-refractivity contribution >= 4 is 0 Å². The second-order valence-electron chi connectivity index (χ2n) is 5.03. The summed E-state index contributed by atoms with van der Waals surface area (Å²) in [5.41, 5.74) is -8.98. The van der Waals surface area contributed by atoms with Crippen LogP contribution in [-0.2, 0) is 10.5 Å². The van der Waals surface area contributed by atoms with Gasteiger partial charge in [-0.05, 0) is 0 Å². The van der Waals surface area contributed by atoms with E-state index in [0.717, 1.165) is 12.3 Å². The molecule has 1 aliphatic heterocycles. The lowest BCUT2D eigenvalue weighted by Crippen LogP contribution is -2.54. The fourth-order valence-corrected chi connectivity index (χ4v) is 2.84. The smallest absolute Gasteiger partial charge is 0.331 e. The van der Waals surface area contributed by atoms with Gasteiger partial charge in [0.2, 0.25) is 0 Å². The van der Waals surface area contributed by atoms with Gasteiger partial charge in [-0.2, -0.15) is 5.26 Å². The van der Waals surface area contributed by atoms with Crippen molar-refractivity contribution in [3.05, 3.63) is 33.1 Å². The van der Waals surface area contributed by atoms with Crippen molar-refractivity contribution in [2.45, 2.75) is 29.2 Å². The van der Waals surface area contributed by atoms with Gasteiger partial charge in [0, 0.05) is 12.3 Å². The van der Waals surface area contributed by atoms with E-state index in [4.69, 9.17) is 4.74 Å². The molecule has 0 spiro atoms. The van der Waals surface area contributed by atoms with E-state index in [0.29, 0.717) is 4.57 Å². The van der Waals surface area contributed by atoms with Crippen LogP contribution in [0.2, 0.25) is 0 Å². The topological polar surface area (TPSA) is 149 Å². The Balaban J connectivity index is 2.19. The first-order chi connectivity index (χ1) is 9.80. The molecule has 0 aromatic carbocycles. The molecule has 1 aliphatic carbocycles. The van der Waals surface area contributed by atoms with Crippen molar-refractivity contribution in [3.63, 3.8) is 0 Å². The molecule has 5 unspecified atom stereocenters. The van der Waals surface area contributed by atoms with Crippen LogP contribution in [0.1, 0.15) is 0 Å². The van der Waals surface area contributed by atoms with Crippen LogP contribution >= 0.6 is 0 Å². The van der Waals surface area contributed by atoms with Gasteiger partial charge in [0.15, 0.2) is 23.5 Å². The highest BCUT2D eigenvalue weighted by molar-refractivity contribution is 5.40. The Morgan fingerprint density at radius 1 is 1.57 bits per heavy atom. The molecular weight excluding hydrogens is 289 g/mol. The van der Waals surface area contributed by atoms with Crippen LogP contribution in [0.5, 0.6) is 0 Å². The van der Waals surface area contributed by atoms with Crippen LogP contribution in [0, 0.1) is 11.3 Å². The number of rotatable bonds is 2. The number of hydrogen-bond acceptors (Lipinski definition) is 7. The van der Waals surface area contributed by atoms with Gasteiger partial charge in [0.05, 0.1) is 6.61 Å². The largest absolute Gasteiger partial charge is 0.393 e. The number of nitrogens with zero attached hydrogens (tertiary/aromatic N) is 2. The van der Waals surface area contributed by atoms with Gasteiger partial charge >= 0.3 is 5.69 Å². The van der Waals surface area contributed by atoms with Crippen molar-refractivity contribution in [2.75, 3.05) is 6.61 Å². The molecule has 1 saturated carbocycles. The SMILES string of the molecule is N#CC1(n2ccc(=O)[nH]c2=O)OC2(CO)C(F)C2(O)C1O. The van der Waals surface area contributed by atoms with E-state index >= 15 is 0 Å². The molecule has 1 aromatic rings. The highest BCUT2D eigenvalue weighted by atomic mass is 19.1. The lowest BCUT2D eigenvalue weighted by atomic mass is 10.0. The minimum Gasteiger partial charge on any atom is -0.393 e. The zero-order chi connectivity index (χ0) is 15.6. The number of nitriles is 1. The first-order valence-electron chi connectivity index (χ1n) is 5.89. The number of alkyl halides is 1. The Morgan fingerprint density at radius 3 is 2.71 bits per heavy atom. The third kappa shape index (κ3) is 1.27. The Morgan fingerprint density at radius 2 is 2.24 bits per heavy atom. The Hall–Kier alpha value is -2.06. The monoisotopic (exact) mass is 299 g/mol. The first kappa shape index (κ1) is 13.9. The van der Waals surface area contributed by atoms with Crippen molar-refractivity contribution < 1.29 is 24.4 Å². The molecule has 1 aromatic heterocycles. The number of aliphatic hydroxyl groups excluding tert-OH is 2. The van der Waals surface area contributed by atoms with E-state index in [1.54, 1.807) is 0 Å². The number of fused-ring (bicyclic) bond motifs is 1. The van der Waals surface area contributed by atoms with E-state index in [1.807, 2.05) is 4.98 Å². The average Bonchev–Trinajstić information content (AvgIpc) is 2.83. The molecule has 9 nitrogen and oxygen atoms in total. The maximum atomic E-state index is 13.7. The quantitative estimate of drug-likeness (QED) is 0.452. The summed E-state index contributed by atoms with van der Waals surface area (Å²) in [4.78, 5) is 24.6. The van der Waals surface area contributed by atoms with Crippen molar-refractivity contribution in [1.29, 1.82) is 5.26 Å². The van der Waals surface area contributed by atoms with Crippen molar-refractivity contribution in [2.24, 2.45) is 0 Å². The molecule has 21 heavy (non-hydrogen) atoms. The predicted molar refractivity (Wildman–Crippen MR) is 61.7 cm³/mol. The number of aromatic amines is 1. The van der Waals surface area contributed by atoms with Gasteiger partial charge in [0.25, 0.3) is 11.3 Å². The van der Waals surface area contributed by atoms with Crippen LogP contribution in [-0.4, -0.2) is 55.0 Å². The summed E-state index contributed by atoms with van der Waals surface area (Å²) >= 11 is 0. The molecule has 0 amide bonds. The highest BCUT2D eigenvalue weighted by Gasteiger charge is 2.92. The maximum Gasteiger partial charge on any atom is 0.331 e. The fraction of sp³-hybridized carbons (Fsp3) is 0.545. The summed E-state index contributed by atoms with van der Waals surface area (Å²) < 4.78 is 19.4. The molecule has 3 rings (SSSR count). The predicted octanol–water partition coefficient (Wildman–Crippen LogP) is -3.08. The standard InChI is InChI=1S/C11H10FN3O6/c12-6-9(4-16)11(6,20)7(18)10(3-13,21-9)15-2-1-5(17)14-8(15)19/h1-2,6-7,16,18,20H,4H2,(H,14,17,19). The van der Waals surface area contributed by atoms with Crippen LogP contribution < -0.4 is 11.2 Å². The van der Waals surface area contributed by atoms with Gasteiger partial charge in [-0.15, -0.1) is 0 Å². The molecule has 2 fully saturated rings. The number of ether oxygens (including phenoxy) is 1. The number of nitrogens with one attached hydrogen (secondary N) is 1. The third-order valence-corrected chi connectivity index (χ3v) is 4.09. The van der Waals surface area contributed by atoms with E-state index in [9.17, 15) is 34.6 Å². The van der Waals surface area contributed by atoms with E-state index in [-0.39, 0.29) is 0 Å². The molecule has 0 bridgehead atoms. The number of aromatic nitrogens is 2. The van der Waals surface area contributed by atoms with Gasteiger partial charge in [-0.1, -0.05) is 0 Å². The molecule has 5 atom stereocenters. The number of H-pyrrole nitrogens is 1. The number of aliphatic hydroxyl groups is 3. The normalized spacial score (nSPS) is 44.1. The van der Waals surface area contributed by atoms with E-state index in [2.05, 4.69) is 0 Å². The Kier molecular flexibility index (Phi) is 2.50. The maximum absolute atomic E-state index is 13.7. The molecule has 1 saturated heterocycles. The van der Waals surface area contributed by atoms with Gasteiger partial charge < -0.3 is 20.1 Å². The molecule has 112 valence electrons. The van der Waals surface area contributed by atoms with Crippen LogP contribution in [0.4, 0.5) is 4.39 Å².